The first-order valence-electron chi connectivity index (χ1n) is 4.09. The average molecular weight is 331 g/mol. The Morgan fingerprint density at radius 3 is 1.60 bits per heavy atom. The molecule has 60 valence electrons. The summed E-state index contributed by atoms with van der Waals surface area (Å²) in [6.07, 6.45) is 7.31. The van der Waals surface area contributed by atoms with Crippen LogP contribution < -0.4 is 0 Å². The monoisotopic (exact) mass is 330 g/mol. The van der Waals surface area contributed by atoms with Crippen molar-refractivity contribution in [1.29, 1.82) is 0 Å². The van der Waals surface area contributed by atoms with Crippen LogP contribution in [0.5, 0.6) is 0 Å². The Hall–Kier alpha value is 1.50. The van der Waals surface area contributed by atoms with Crippen LogP contribution in [0.2, 0.25) is 10.5 Å². The van der Waals surface area contributed by atoms with E-state index in [-0.39, 0.29) is 0 Å². The zero-order valence-corrected chi connectivity index (χ0v) is 11.5. The number of hydrogen-bond acceptors (Lipinski definition) is 0. The van der Waals surface area contributed by atoms with E-state index < -0.39 is 9.58 Å². The second-order valence-corrected chi connectivity index (χ2v) is 30.1. The fraction of sp³-hybridized carbons (Fsp3) is 1.00. The van der Waals surface area contributed by atoms with Crippen LogP contribution in [0.15, 0.2) is 0 Å². The van der Waals surface area contributed by atoms with Gasteiger partial charge < -0.3 is 0 Å². The van der Waals surface area contributed by atoms with Gasteiger partial charge in [-0.1, -0.05) is 0 Å². The molecule has 1 aliphatic heterocycles. The van der Waals surface area contributed by atoms with Gasteiger partial charge in [0.25, 0.3) is 0 Å². The van der Waals surface area contributed by atoms with Gasteiger partial charge in [-0.25, -0.2) is 0 Å². The molecule has 0 aromatic rings. The molecule has 0 atom stereocenters. The fourth-order valence-electron chi connectivity index (χ4n) is 1.42. The Kier molecular flexibility index (Phi) is 4.32. The van der Waals surface area contributed by atoms with Crippen molar-refractivity contribution in [3.63, 3.8) is 0 Å². The molecule has 10 heavy (non-hydrogen) atoms. The van der Waals surface area contributed by atoms with Crippen LogP contribution in [0.3, 0.4) is 0 Å². The zero-order valence-electron chi connectivity index (χ0n) is 6.21. The summed E-state index contributed by atoms with van der Waals surface area (Å²) in [4.78, 5) is 0. The summed E-state index contributed by atoms with van der Waals surface area (Å²) in [6, 6.07) is 0. The Labute approximate surface area is 79.7 Å². The Morgan fingerprint density at radius 2 is 1.10 bits per heavy atom. The van der Waals surface area contributed by atoms with Crippen molar-refractivity contribution in [2.75, 3.05) is 0 Å². The van der Waals surface area contributed by atoms with Gasteiger partial charge in [-0.2, -0.15) is 0 Å². The number of hydrogen-bond donors (Lipinski definition) is 0. The van der Waals surface area contributed by atoms with Crippen molar-refractivity contribution in [3.05, 3.63) is 0 Å². The molecule has 0 aromatic heterocycles. The Balaban J connectivity index is 2.30. The molecule has 0 amide bonds. The van der Waals surface area contributed by atoms with Crippen LogP contribution in [-0.4, -0.2) is 9.58 Å². The summed E-state index contributed by atoms with van der Waals surface area (Å²) in [5, 5.41) is 2.94. The quantitative estimate of drug-likeness (QED) is 0.584. The van der Waals surface area contributed by atoms with Gasteiger partial charge in [0, 0.05) is 0 Å². The maximum atomic E-state index is 3.88. The molecule has 0 aliphatic carbocycles. The van der Waals surface area contributed by atoms with Crippen LogP contribution in [0, 0.1) is 0 Å². The van der Waals surface area contributed by atoms with Crippen LogP contribution in [0.25, 0.3) is 0 Å². The number of halogens is 2. The van der Waals surface area contributed by atoms with E-state index in [1.807, 2.05) is 0 Å². The van der Waals surface area contributed by atoms with Crippen molar-refractivity contribution in [1.82, 2.24) is 0 Å². The molecular formula is C7H14Br2Ge. The first kappa shape index (κ1) is 9.59. The first-order chi connectivity index (χ1) is 4.71. The third-order valence-electron chi connectivity index (χ3n) is 2.09. The summed E-state index contributed by atoms with van der Waals surface area (Å²) in [5.41, 5.74) is 0. The maximum absolute atomic E-state index is 3.88. The van der Waals surface area contributed by atoms with Crippen LogP contribution >= 0.6 is 28.0 Å². The van der Waals surface area contributed by atoms with Gasteiger partial charge in [-0.05, 0) is 0 Å². The standard InChI is InChI=1S/C7H14Br2Ge/c8-10(9)6-4-2-1-3-5-7-10/h1-7H2. The molecule has 1 fully saturated rings. The van der Waals surface area contributed by atoms with E-state index in [1.54, 1.807) is 0 Å². The van der Waals surface area contributed by atoms with Gasteiger partial charge >= 0.3 is 80.2 Å². The van der Waals surface area contributed by atoms with Crippen molar-refractivity contribution in [2.24, 2.45) is 0 Å². The fourth-order valence-corrected chi connectivity index (χ4v) is 11.0. The predicted molar refractivity (Wildman–Crippen MR) is 56.3 cm³/mol. The summed E-state index contributed by atoms with van der Waals surface area (Å²) >= 11 is 7.76. The van der Waals surface area contributed by atoms with Gasteiger partial charge in [0.1, 0.15) is 0 Å². The van der Waals surface area contributed by atoms with Crippen molar-refractivity contribution < 1.29 is 0 Å². The van der Waals surface area contributed by atoms with E-state index in [2.05, 4.69) is 28.0 Å². The summed E-state index contributed by atoms with van der Waals surface area (Å²) < 4.78 is 0. The van der Waals surface area contributed by atoms with E-state index in [4.69, 9.17) is 0 Å². The van der Waals surface area contributed by atoms with Crippen LogP contribution in [0.1, 0.15) is 32.1 Å². The second-order valence-electron chi connectivity index (χ2n) is 3.12. The van der Waals surface area contributed by atoms with Gasteiger partial charge in [-0.15, -0.1) is 0 Å². The molecule has 0 saturated carbocycles. The molecule has 0 bridgehead atoms. The van der Waals surface area contributed by atoms with Crippen LogP contribution in [0.4, 0.5) is 0 Å². The molecular weight excluding hydrogens is 316 g/mol. The first-order valence-corrected chi connectivity index (χ1v) is 16.9. The minimum absolute atomic E-state index is 1.45. The molecule has 0 aromatic carbocycles. The van der Waals surface area contributed by atoms with E-state index in [1.165, 1.54) is 42.6 Å². The molecule has 0 unspecified atom stereocenters. The summed E-state index contributed by atoms with van der Waals surface area (Å²) in [6.45, 7) is 0. The van der Waals surface area contributed by atoms with E-state index in [0.29, 0.717) is 0 Å². The van der Waals surface area contributed by atoms with Crippen molar-refractivity contribution in [2.45, 2.75) is 42.6 Å². The minimum atomic E-state index is -1.51. The molecule has 0 nitrogen and oxygen atoms in total. The Bertz CT molecular complexity index is 93.8. The van der Waals surface area contributed by atoms with Gasteiger partial charge in [0.2, 0.25) is 0 Å². The molecule has 1 aliphatic rings. The molecule has 1 heterocycles. The molecule has 0 radical (unpaired) electrons. The van der Waals surface area contributed by atoms with E-state index >= 15 is 0 Å². The third kappa shape index (κ3) is 3.77. The van der Waals surface area contributed by atoms with Gasteiger partial charge in [0.15, 0.2) is 0 Å². The molecule has 0 spiro atoms. The van der Waals surface area contributed by atoms with E-state index in [9.17, 15) is 0 Å². The molecule has 1 rings (SSSR count). The van der Waals surface area contributed by atoms with Crippen molar-refractivity contribution >= 4 is 37.6 Å². The van der Waals surface area contributed by atoms with Crippen LogP contribution in [-0.2, 0) is 0 Å². The molecule has 3 heteroatoms. The van der Waals surface area contributed by atoms with E-state index in [0.717, 1.165) is 0 Å². The summed E-state index contributed by atoms with van der Waals surface area (Å²) in [5.74, 6) is 0. The second kappa shape index (κ2) is 4.51. The van der Waals surface area contributed by atoms with Crippen molar-refractivity contribution in [3.8, 4) is 0 Å². The van der Waals surface area contributed by atoms with Gasteiger partial charge in [-0.3, -0.25) is 0 Å². The number of rotatable bonds is 0. The average Bonchev–Trinajstić information content (AvgIpc) is 1.81. The summed E-state index contributed by atoms with van der Waals surface area (Å²) in [7, 11) is -1.51. The zero-order chi connectivity index (χ0) is 7.45. The normalized spacial score (nSPS) is 27.0. The SMILES string of the molecule is [Br][Ge]1([Br])[CH2]CCCCC[CH2]1. The predicted octanol–water partition coefficient (Wildman–Crippen LogP) is 4.18. The third-order valence-corrected chi connectivity index (χ3v) is 14.9. The topological polar surface area (TPSA) is 0 Å². The molecule has 1 saturated heterocycles. The molecule has 0 N–H and O–H groups in total. The Morgan fingerprint density at radius 1 is 0.700 bits per heavy atom. The van der Waals surface area contributed by atoms with Gasteiger partial charge in [0.05, 0.1) is 0 Å².